The highest BCUT2D eigenvalue weighted by atomic mass is 35.5. The minimum absolute atomic E-state index is 0.0285. The maximum absolute atomic E-state index is 13.5. The fourth-order valence-electron chi connectivity index (χ4n) is 4.13. The number of carbonyl (C=O) groups excluding carboxylic acids is 1. The van der Waals surface area contributed by atoms with Crippen LogP contribution < -0.4 is 5.32 Å². The lowest BCUT2D eigenvalue weighted by Gasteiger charge is -2.28. The predicted molar refractivity (Wildman–Crippen MR) is 131 cm³/mol. The van der Waals surface area contributed by atoms with Gasteiger partial charge in [0, 0.05) is 11.6 Å². The second kappa shape index (κ2) is 10.3. The first-order valence-electron chi connectivity index (χ1n) is 10.7. The van der Waals surface area contributed by atoms with E-state index in [1.807, 2.05) is 48.5 Å². The number of carbonyl (C=O) groups is 1. The van der Waals surface area contributed by atoms with Gasteiger partial charge in [0.15, 0.2) is 0 Å². The summed E-state index contributed by atoms with van der Waals surface area (Å²) in [5.74, 6) is -0.366. The fraction of sp³-hybridized carbons (Fsp3) is 0.240. The molecule has 1 aliphatic rings. The molecular weight excluding hydrogens is 479 g/mol. The quantitative estimate of drug-likeness (QED) is 0.471. The van der Waals surface area contributed by atoms with Gasteiger partial charge in [0.05, 0.1) is 17.6 Å². The van der Waals surface area contributed by atoms with Crippen molar-refractivity contribution in [2.75, 3.05) is 6.54 Å². The van der Waals surface area contributed by atoms with E-state index in [4.69, 9.17) is 23.2 Å². The molecule has 1 amide bonds. The zero-order chi connectivity index (χ0) is 23.4. The van der Waals surface area contributed by atoms with Crippen LogP contribution in [0.3, 0.4) is 0 Å². The zero-order valence-corrected chi connectivity index (χ0v) is 20.2. The predicted octanol–water partition coefficient (Wildman–Crippen LogP) is 5.38. The molecule has 172 valence electrons. The van der Waals surface area contributed by atoms with Crippen molar-refractivity contribution in [3.05, 3.63) is 99.5 Å². The van der Waals surface area contributed by atoms with Crippen LogP contribution in [0, 0.1) is 0 Å². The average Bonchev–Trinajstić information content (AvgIpc) is 2.81. The summed E-state index contributed by atoms with van der Waals surface area (Å²) in [7, 11) is -4.09. The van der Waals surface area contributed by atoms with Gasteiger partial charge >= 0.3 is 0 Å². The van der Waals surface area contributed by atoms with Crippen molar-refractivity contribution in [3.8, 4) is 0 Å². The highest BCUT2D eigenvalue weighted by Gasteiger charge is 2.30. The van der Waals surface area contributed by atoms with Crippen molar-refractivity contribution >= 4 is 39.1 Å². The molecule has 0 heterocycles. The molecule has 0 fully saturated rings. The first-order chi connectivity index (χ1) is 15.8. The van der Waals surface area contributed by atoms with Gasteiger partial charge < -0.3 is 5.32 Å². The van der Waals surface area contributed by atoms with Crippen molar-refractivity contribution in [3.63, 3.8) is 0 Å². The van der Waals surface area contributed by atoms with Crippen LogP contribution in [0.5, 0.6) is 0 Å². The molecule has 4 rings (SSSR count). The SMILES string of the molecule is O=C(CN(Cc1ccccc1)S(=O)(=O)c1cc(Cl)ccc1Cl)NC1CCCc2ccccc21. The largest absolute Gasteiger partial charge is 0.348 e. The lowest BCUT2D eigenvalue weighted by Crippen LogP contribution is -2.42. The monoisotopic (exact) mass is 502 g/mol. The number of nitrogens with one attached hydrogen (secondary N) is 1. The number of benzene rings is 3. The summed E-state index contributed by atoms with van der Waals surface area (Å²) in [6.07, 6.45) is 2.75. The van der Waals surface area contributed by atoms with Crippen LogP contribution in [0.2, 0.25) is 10.0 Å². The van der Waals surface area contributed by atoms with Gasteiger partial charge in [-0.2, -0.15) is 4.31 Å². The van der Waals surface area contributed by atoms with E-state index in [2.05, 4.69) is 11.4 Å². The van der Waals surface area contributed by atoms with Crippen LogP contribution in [-0.2, 0) is 27.8 Å². The van der Waals surface area contributed by atoms with Crippen molar-refractivity contribution in [1.29, 1.82) is 0 Å². The number of halogens is 2. The van der Waals surface area contributed by atoms with E-state index >= 15 is 0 Å². The van der Waals surface area contributed by atoms with Crippen molar-refractivity contribution < 1.29 is 13.2 Å². The molecule has 1 N–H and O–H groups in total. The highest BCUT2D eigenvalue weighted by molar-refractivity contribution is 7.89. The van der Waals surface area contributed by atoms with Gasteiger partial charge in [-0.25, -0.2) is 8.42 Å². The number of fused-ring (bicyclic) bond motifs is 1. The molecule has 0 spiro atoms. The van der Waals surface area contributed by atoms with Gasteiger partial charge in [0.2, 0.25) is 15.9 Å². The molecule has 0 saturated heterocycles. The molecule has 0 saturated carbocycles. The zero-order valence-electron chi connectivity index (χ0n) is 17.9. The molecule has 0 radical (unpaired) electrons. The Morgan fingerprint density at radius 1 is 1.00 bits per heavy atom. The van der Waals surface area contributed by atoms with E-state index in [9.17, 15) is 13.2 Å². The van der Waals surface area contributed by atoms with Crippen molar-refractivity contribution in [2.45, 2.75) is 36.7 Å². The molecule has 1 atom stereocenters. The maximum Gasteiger partial charge on any atom is 0.245 e. The summed E-state index contributed by atoms with van der Waals surface area (Å²) < 4.78 is 28.2. The number of hydrogen-bond donors (Lipinski definition) is 1. The maximum atomic E-state index is 13.5. The Balaban J connectivity index is 1.60. The Hall–Kier alpha value is -2.38. The number of aryl methyl sites for hydroxylation is 1. The van der Waals surface area contributed by atoms with Gasteiger partial charge in [-0.3, -0.25) is 4.79 Å². The van der Waals surface area contributed by atoms with Crippen LogP contribution in [0.1, 0.15) is 35.6 Å². The summed E-state index contributed by atoms with van der Waals surface area (Å²) in [6.45, 7) is -0.306. The smallest absolute Gasteiger partial charge is 0.245 e. The molecule has 3 aromatic carbocycles. The molecule has 1 aliphatic carbocycles. The second-order valence-corrected chi connectivity index (χ2v) is 10.8. The van der Waals surface area contributed by atoms with Crippen LogP contribution in [-0.4, -0.2) is 25.2 Å². The van der Waals surface area contributed by atoms with E-state index in [1.165, 1.54) is 23.8 Å². The van der Waals surface area contributed by atoms with E-state index in [0.29, 0.717) is 0 Å². The van der Waals surface area contributed by atoms with Crippen molar-refractivity contribution in [2.24, 2.45) is 0 Å². The summed E-state index contributed by atoms with van der Waals surface area (Å²) in [6, 6.07) is 21.3. The topological polar surface area (TPSA) is 66.5 Å². The van der Waals surface area contributed by atoms with Crippen LogP contribution >= 0.6 is 23.2 Å². The Bertz CT molecular complexity index is 1250. The van der Waals surface area contributed by atoms with Gasteiger partial charge in [0.25, 0.3) is 0 Å². The molecule has 3 aromatic rings. The molecular formula is C25H24Cl2N2O3S. The standard InChI is InChI=1S/C25H24Cl2N2O3S/c26-20-13-14-22(27)24(15-20)33(31,32)29(16-18-7-2-1-3-8-18)17-25(30)28-23-12-6-10-19-9-4-5-11-21(19)23/h1-5,7-9,11,13-15,23H,6,10,12,16-17H2,(H,28,30). The number of nitrogens with zero attached hydrogens (tertiary/aromatic N) is 1. The van der Waals surface area contributed by atoms with Gasteiger partial charge in [-0.1, -0.05) is 77.8 Å². The summed E-state index contributed by atoms with van der Waals surface area (Å²) in [5.41, 5.74) is 3.07. The molecule has 8 heteroatoms. The Morgan fingerprint density at radius 3 is 2.52 bits per heavy atom. The van der Waals surface area contributed by atoms with Crippen LogP contribution in [0.15, 0.2) is 77.7 Å². The third kappa shape index (κ3) is 5.58. The molecule has 0 aromatic heterocycles. The lowest BCUT2D eigenvalue weighted by molar-refractivity contribution is -0.122. The molecule has 0 aliphatic heterocycles. The third-order valence-electron chi connectivity index (χ3n) is 5.74. The first-order valence-corrected chi connectivity index (χ1v) is 12.9. The fourth-order valence-corrected chi connectivity index (χ4v) is 6.25. The lowest BCUT2D eigenvalue weighted by atomic mass is 9.88. The summed E-state index contributed by atoms with van der Waals surface area (Å²) >= 11 is 12.3. The normalized spacial score (nSPS) is 15.8. The van der Waals surface area contributed by atoms with Gasteiger partial charge in [0.1, 0.15) is 4.90 Å². The molecule has 33 heavy (non-hydrogen) atoms. The number of sulfonamides is 1. The number of amides is 1. The first kappa shape index (κ1) is 23.8. The highest BCUT2D eigenvalue weighted by Crippen LogP contribution is 2.31. The summed E-state index contributed by atoms with van der Waals surface area (Å²) in [5, 5.41) is 3.34. The second-order valence-electron chi connectivity index (χ2n) is 8.04. The molecule has 5 nitrogen and oxygen atoms in total. The molecule has 0 bridgehead atoms. The minimum Gasteiger partial charge on any atom is -0.348 e. The molecule has 1 unspecified atom stereocenters. The Morgan fingerprint density at radius 2 is 1.73 bits per heavy atom. The van der Waals surface area contributed by atoms with Crippen LogP contribution in [0.4, 0.5) is 0 Å². The average molecular weight is 503 g/mol. The third-order valence-corrected chi connectivity index (χ3v) is 8.25. The number of hydrogen-bond acceptors (Lipinski definition) is 3. The van der Waals surface area contributed by atoms with Gasteiger partial charge in [-0.15, -0.1) is 0 Å². The van der Waals surface area contributed by atoms with Gasteiger partial charge in [-0.05, 0) is 54.2 Å². The van der Waals surface area contributed by atoms with E-state index in [0.717, 1.165) is 34.7 Å². The number of rotatable bonds is 7. The van der Waals surface area contributed by atoms with Crippen LogP contribution in [0.25, 0.3) is 0 Å². The van der Waals surface area contributed by atoms with Crippen molar-refractivity contribution in [1.82, 2.24) is 9.62 Å². The van der Waals surface area contributed by atoms with E-state index < -0.39 is 10.0 Å². The minimum atomic E-state index is -4.09. The Labute approximate surface area is 204 Å². The van der Waals surface area contributed by atoms with E-state index in [1.54, 1.807) is 0 Å². The summed E-state index contributed by atoms with van der Waals surface area (Å²) in [4.78, 5) is 13.0. The van der Waals surface area contributed by atoms with E-state index in [-0.39, 0.29) is 40.0 Å². The Kier molecular flexibility index (Phi) is 7.39.